The minimum atomic E-state index is -4.42. The highest BCUT2D eigenvalue weighted by atomic mass is 35.5. The van der Waals surface area contributed by atoms with E-state index < -0.39 is 12.8 Å². The molecule has 0 atom stereocenters. The number of nitrogens with two attached hydrogens (primary N) is 1. The van der Waals surface area contributed by atoms with Gasteiger partial charge in [-0.2, -0.15) is 13.2 Å². The smallest absolute Gasteiger partial charge is 0.422 e. The lowest BCUT2D eigenvalue weighted by Gasteiger charge is -2.11. The van der Waals surface area contributed by atoms with Crippen LogP contribution in [0.5, 0.6) is 5.75 Å². The monoisotopic (exact) mass is 226 g/mol. The van der Waals surface area contributed by atoms with Crippen molar-refractivity contribution < 1.29 is 17.9 Å². The summed E-state index contributed by atoms with van der Waals surface area (Å²) in [6, 6.07) is 1.30. The summed E-state index contributed by atoms with van der Waals surface area (Å²) in [5.74, 6) is -0.244. The molecule has 14 heavy (non-hydrogen) atoms. The lowest BCUT2D eigenvalue weighted by Crippen LogP contribution is -2.19. The number of anilines is 1. The molecule has 78 valence electrons. The van der Waals surface area contributed by atoms with Gasteiger partial charge in [-0.25, -0.2) is 4.98 Å². The number of aromatic nitrogens is 1. The summed E-state index contributed by atoms with van der Waals surface area (Å²) >= 11 is 5.47. The Morgan fingerprint density at radius 3 is 2.64 bits per heavy atom. The van der Waals surface area contributed by atoms with E-state index in [1.54, 1.807) is 0 Å². The molecule has 0 fully saturated rings. The largest absolute Gasteiger partial charge is 0.479 e. The number of ether oxygens (including phenoxy) is 1. The third-order valence-electron chi connectivity index (χ3n) is 1.27. The maximum atomic E-state index is 11.8. The Bertz CT molecular complexity index is 309. The molecular formula is C7H6ClF3N2O. The first kappa shape index (κ1) is 10.9. The third-order valence-corrected chi connectivity index (χ3v) is 1.54. The number of rotatable bonds is 2. The summed E-state index contributed by atoms with van der Waals surface area (Å²) < 4.78 is 39.7. The summed E-state index contributed by atoms with van der Waals surface area (Å²) in [6.45, 7) is -1.44. The van der Waals surface area contributed by atoms with E-state index in [1.807, 2.05) is 0 Å². The number of hydrogen-bond donors (Lipinski definition) is 1. The van der Waals surface area contributed by atoms with Crippen LogP contribution in [-0.4, -0.2) is 17.8 Å². The van der Waals surface area contributed by atoms with Gasteiger partial charge in [-0.1, -0.05) is 11.6 Å². The summed E-state index contributed by atoms with van der Waals surface area (Å²) in [5, 5.41) is -0.186. The second-order valence-electron chi connectivity index (χ2n) is 2.42. The van der Waals surface area contributed by atoms with Crippen LogP contribution in [0.2, 0.25) is 5.15 Å². The van der Waals surface area contributed by atoms with E-state index in [1.165, 1.54) is 12.3 Å². The van der Waals surface area contributed by atoms with Crippen molar-refractivity contribution in [3.05, 3.63) is 17.4 Å². The predicted molar refractivity (Wildman–Crippen MR) is 45.2 cm³/mol. The van der Waals surface area contributed by atoms with Crippen LogP contribution in [0.3, 0.4) is 0 Å². The first-order chi connectivity index (χ1) is 6.40. The Morgan fingerprint density at radius 1 is 1.50 bits per heavy atom. The summed E-state index contributed by atoms with van der Waals surface area (Å²) in [6.07, 6.45) is -3.15. The third kappa shape index (κ3) is 2.95. The van der Waals surface area contributed by atoms with E-state index in [4.69, 9.17) is 17.3 Å². The molecule has 2 N–H and O–H groups in total. The van der Waals surface area contributed by atoms with Gasteiger partial charge in [-0.15, -0.1) is 0 Å². The van der Waals surface area contributed by atoms with E-state index >= 15 is 0 Å². The van der Waals surface area contributed by atoms with Gasteiger partial charge in [-0.3, -0.25) is 0 Å². The predicted octanol–water partition coefficient (Wildman–Crippen LogP) is 2.26. The Morgan fingerprint density at radius 2 is 2.14 bits per heavy atom. The fraction of sp³-hybridized carbons (Fsp3) is 0.286. The normalized spacial score (nSPS) is 11.4. The lowest BCUT2D eigenvalue weighted by atomic mass is 10.4. The molecule has 0 aliphatic heterocycles. The summed E-state index contributed by atoms with van der Waals surface area (Å²) in [4.78, 5) is 3.53. The number of alkyl halides is 3. The van der Waals surface area contributed by atoms with E-state index in [9.17, 15) is 13.2 Å². The molecule has 1 heterocycles. The second-order valence-corrected chi connectivity index (χ2v) is 2.78. The van der Waals surface area contributed by atoms with Crippen molar-refractivity contribution in [2.45, 2.75) is 6.18 Å². The molecule has 1 aromatic rings. The molecule has 0 aromatic carbocycles. The van der Waals surface area contributed by atoms with E-state index in [0.717, 1.165) is 0 Å². The van der Waals surface area contributed by atoms with Crippen LogP contribution in [0.4, 0.5) is 18.9 Å². The first-order valence-corrected chi connectivity index (χ1v) is 3.87. The quantitative estimate of drug-likeness (QED) is 0.787. The lowest BCUT2D eigenvalue weighted by molar-refractivity contribution is -0.153. The molecule has 1 rings (SSSR count). The highest BCUT2D eigenvalue weighted by Gasteiger charge is 2.29. The zero-order valence-corrected chi connectivity index (χ0v) is 7.56. The summed E-state index contributed by atoms with van der Waals surface area (Å²) in [7, 11) is 0. The van der Waals surface area contributed by atoms with Gasteiger partial charge in [0.2, 0.25) is 0 Å². The van der Waals surface area contributed by atoms with Crippen LogP contribution in [0.25, 0.3) is 0 Å². The topological polar surface area (TPSA) is 48.1 Å². The van der Waals surface area contributed by atoms with Gasteiger partial charge in [0.15, 0.2) is 17.5 Å². The number of halogens is 4. The SMILES string of the molecule is Nc1ccnc(Cl)c1OCC(F)(F)F. The molecule has 0 amide bonds. The van der Waals surface area contributed by atoms with Crippen LogP contribution < -0.4 is 10.5 Å². The molecule has 0 radical (unpaired) electrons. The van der Waals surface area contributed by atoms with Crippen LogP contribution >= 0.6 is 11.6 Å². The van der Waals surface area contributed by atoms with Crippen molar-refractivity contribution in [2.24, 2.45) is 0 Å². The molecule has 0 saturated carbocycles. The maximum Gasteiger partial charge on any atom is 0.422 e. The maximum absolute atomic E-state index is 11.8. The van der Waals surface area contributed by atoms with Gasteiger partial charge in [0.1, 0.15) is 0 Å². The van der Waals surface area contributed by atoms with E-state index in [0.29, 0.717) is 0 Å². The highest BCUT2D eigenvalue weighted by Crippen LogP contribution is 2.29. The van der Waals surface area contributed by atoms with Crippen molar-refractivity contribution in [1.82, 2.24) is 4.98 Å². The molecule has 0 unspecified atom stereocenters. The molecule has 3 nitrogen and oxygen atoms in total. The molecule has 7 heteroatoms. The number of nitrogen functional groups attached to an aromatic ring is 1. The number of hydrogen-bond acceptors (Lipinski definition) is 3. The van der Waals surface area contributed by atoms with Crippen LogP contribution in [0.15, 0.2) is 12.3 Å². The molecule has 1 aromatic heterocycles. The van der Waals surface area contributed by atoms with Crippen molar-refractivity contribution in [1.29, 1.82) is 0 Å². The van der Waals surface area contributed by atoms with Crippen molar-refractivity contribution in [3.63, 3.8) is 0 Å². The molecule has 0 aliphatic carbocycles. The van der Waals surface area contributed by atoms with Crippen LogP contribution in [0.1, 0.15) is 0 Å². The van der Waals surface area contributed by atoms with Crippen LogP contribution in [-0.2, 0) is 0 Å². The van der Waals surface area contributed by atoms with Crippen LogP contribution in [0, 0.1) is 0 Å². The molecular weight excluding hydrogens is 221 g/mol. The molecule has 0 bridgehead atoms. The van der Waals surface area contributed by atoms with Gasteiger partial charge >= 0.3 is 6.18 Å². The average Bonchev–Trinajstić information content (AvgIpc) is 2.01. The molecule has 0 aliphatic rings. The Balaban J connectivity index is 2.77. The standard InChI is InChI=1S/C7H6ClF3N2O/c8-6-5(4(12)1-2-13-6)14-3-7(9,10)11/h1-2H,3H2,(H2,12,13). The zero-order valence-electron chi connectivity index (χ0n) is 6.81. The fourth-order valence-electron chi connectivity index (χ4n) is 0.733. The van der Waals surface area contributed by atoms with Crippen molar-refractivity contribution in [2.75, 3.05) is 12.3 Å². The number of nitrogens with zero attached hydrogens (tertiary/aromatic N) is 1. The fourth-order valence-corrected chi connectivity index (χ4v) is 0.953. The highest BCUT2D eigenvalue weighted by molar-refractivity contribution is 6.31. The van der Waals surface area contributed by atoms with E-state index in [-0.39, 0.29) is 16.6 Å². The minimum Gasteiger partial charge on any atom is -0.479 e. The second kappa shape index (κ2) is 3.91. The van der Waals surface area contributed by atoms with Crippen molar-refractivity contribution in [3.8, 4) is 5.75 Å². The zero-order chi connectivity index (χ0) is 10.8. The van der Waals surface area contributed by atoms with Gasteiger partial charge in [-0.05, 0) is 6.07 Å². The van der Waals surface area contributed by atoms with E-state index in [2.05, 4.69) is 9.72 Å². The van der Waals surface area contributed by atoms with Gasteiger partial charge < -0.3 is 10.5 Å². The minimum absolute atomic E-state index is 0.0225. The van der Waals surface area contributed by atoms with Gasteiger partial charge in [0.25, 0.3) is 0 Å². The Kier molecular flexibility index (Phi) is 3.05. The van der Waals surface area contributed by atoms with Gasteiger partial charge in [0, 0.05) is 6.20 Å². The molecule has 0 spiro atoms. The first-order valence-electron chi connectivity index (χ1n) is 3.49. The van der Waals surface area contributed by atoms with Gasteiger partial charge in [0.05, 0.1) is 5.69 Å². The van der Waals surface area contributed by atoms with Crippen molar-refractivity contribution >= 4 is 17.3 Å². The number of pyridine rings is 1. The summed E-state index contributed by atoms with van der Waals surface area (Å²) in [5.41, 5.74) is 5.36. The molecule has 0 saturated heterocycles. The Labute approximate surface area is 82.6 Å². The average molecular weight is 227 g/mol. The Hall–Kier alpha value is -1.17.